The van der Waals surface area contributed by atoms with Crippen LogP contribution >= 0.6 is 11.3 Å². The lowest BCUT2D eigenvalue weighted by Crippen LogP contribution is -2.33. The maximum atomic E-state index is 12.2. The molecule has 1 N–H and O–H groups in total. The number of likely N-dealkylation sites (tertiary alicyclic amines) is 1. The van der Waals surface area contributed by atoms with Crippen LogP contribution in [0.2, 0.25) is 0 Å². The highest BCUT2D eigenvalue weighted by atomic mass is 32.1. The first-order valence-electron chi connectivity index (χ1n) is 7.54. The highest BCUT2D eigenvalue weighted by Gasteiger charge is 2.34. The number of nitrogens with zero attached hydrogens (tertiary/aromatic N) is 3. The molecule has 1 atom stereocenters. The third-order valence-corrected chi connectivity index (χ3v) is 4.59. The molecule has 2 heterocycles. The first-order chi connectivity index (χ1) is 10.4. The van der Waals surface area contributed by atoms with Gasteiger partial charge in [0.05, 0.1) is 18.2 Å². The van der Waals surface area contributed by atoms with Crippen LogP contribution < -0.4 is 10.2 Å². The van der Waals surface area contributed by atoms with E-state index in [2.05, 4.69) is 24.1 Å². The van der Waals surface area contributed by atoms with Gasteiger partial charge in [-0.1, -0.05) is 13.8 Å². The summed E-state index contributed by atoms with van der Waals surface area (Å²) in [5.41, 5.74) is 0.852. The van der Waals surface area contributed by atoms with Crippen molar-refractivity contribution in [2.75, 3.05) is 32.1 Å². The number of nitrogens with one attached hydrogen (secondary N) is 1. The van der Waals surface area contributed by atoms with Crippen molar-refractivity contribution in [1.29, 1.82) is 0 Å². The Hall–Kier alpha value is -1.63. The predicted octanol–water partition coefficient (Wildman–Crippen LogP) is 1.33. The molecule has 1 aliphatic heterocycles. The summed E-state index contributed by atoms with van der Waals surface area (Å²) in [5.74, 6) is 0.208. The van der Waals surface area contributed by atoms with E-state index in [0.717, 1.165) is 17.4 Å². The standard InChI is InChI=1S/C15H24N4O2S/c1-10(2)7-19-8-11(5-13(19)20)14(21)16-6-12-9-22-15(17-12)18(3)4/h9-11H,5-8H2,1-4H3,(H,16,21)/t11-/m0/s1. The van der Waals surface area contributed by atoms with E-state index in [1.54, 1.807) is 16.2 Å². The van der Waals surface area contributed by atoms with Crippen molar-refractivity contribution >= 4 is 28.3 Å². The van der Waals surface area contributed by atoms with Gasteiger partial charge < -0.3 is 15.1 Å². The summed E-state index contributed by atoms with van der Waals surface area (Å²) in [7, 11) is 3.88. The molecule has 0 unspecified atom stereocenters. The Morgan fingerprint density at radius 3 is 2.86 bits per heavy atom. The largest absolute Gasteiger partial charge is 0.354 e. The van der Waals surface area contributed by atoms with E-state index in [1.807, 2.05) is 24.4 Å². The molecule has 7 heteroatoms. The maximum absolute atomic E-state index is 12.2. The quantitative estimate of drug-likeness (QED) is 0.857. The Morgan fingerprint density at radius 2 is 2.27 bits per heavy atom. The molecule has 0 saturated carbocycles. The SMILES string of the molecule is CC(C)CN1C[C@@H](C(=O)NCc2csc(N(C)C)n2)CC1=O. The molecule has 22 heavy (non-hydrogen) atoms. The van der Waals surface area contributed by atoms with Crippen molar-refractivity contribution in [1.82, 2.24) is 15.2 Å². The van der Waals surface area contributed by atoms with Crippen LogP contribution in [0.3, 0.4) is 0 Å². The molecular weight excluding hydrogens is 300 g/mol. The molecule has 1 aromatic rings. The molecule has 0 aromatic carbocycles. The Balaban J connectivity index is 1.83. The zero-order chi connectivity index (χ0) is 16.3. The number of rotatable bonds is 6. The fraction of sp³-hybridized carbons (Fsp3) is 0.667. The molecule has 0 radical (unpaired) electrons. The van der Waals surface area contributed by atoms with E-state index in [0.29, 0.717) is 25.4 Å². The normalized spacial score (nSPS) is 18.1. The third-order valence-electron chi connectivity index (χ3n) is 3.54. The number of anilines is 1. The number of thiazole rings is 1. The van der Waals surface area contributed by atoms with Crippen LogP contribution in [0, 0.1) is 11.8 Å². The average Bonchev–Trinajstić information content (AvgIpc) is 3.03. The van der Waals surface area contributed by atoms with E-state index in [9.17, 15) is 9.59 Å². The van der Waals surface area contributed by atoms with Crippen molar-refractivity contribution in [2.24, 2.45) is 11.8 Å². The highest BCUT2D eigenvalue weighted by Crippen LogP contribution is 2.20. The molecule has 2 amide bonds. The fourth-order valence-corrected chi connectivity index (χ4v) is 3.23. The minimum Gasteiger partial charge on any atom is -0.354 e. The van der Waals surface area contributed by atoms with Gasteiger partial charge in [-0.15, -0.1) is 11.3 Å². The van der Waals surface area contributed by atoms with Crippen molar-refractivity contribution in [3.63, 3.8) is 0 Å². The van der Waals surface area contributed by atoms with Crippen molar-refractivity contribution < 1.29 is 9.59 Å². The van der Waals surface area contributed by atoms with E-state index in [4.69, 9.17) is 0 Å². The second-order valence-electron chi connectivity index (χ2n) is 6.33. The monoisotopic (exact) mass is 324 g/mol. The fourth-order valence-electron chi connectivity index (χ4n) is 2.47. The molecule has 0 spiro atoms. The lowest BCUT2D eigenvalue weighted by atomic mass is 10.1. The molecule has 2 rings (SSSR count). The molecule has 0 bridgehead atoms. The summed E-state index contributed by atoms with van der Waals surface area (Å²) in [6.45, 7) is 5.82. The average molecular weight is 324 g/mol. The summed E-state index contributed by atoms with van der Waals surface area (Å²) in [5, 5.41) is 5.76. The van der Waals surface area contributed by atoms with Gasteiger partial charge in [0.1, 0.15) is 0 Å². The zero-order valence-corrected chi connectivity index (χ0v) is 14.4. The number of carbonyl (C=O) groups excluding carboxylic acids is 2. The Labute approximate surface area is 135 Å². The van der Waals surface area contributed by atoms with Gasteiger partial charge in [-0.3, -0.25) is 9.59 Å². The van der Waals surface area contributed by atoms with Crippen LogP contribution in [-0.2, 0) is 16.1 Å². The van der Waals surface area contributed by atoms with Gasteiger partial charge in [-0.2, -0.15) is 0 Å². The predicted molar refractivity (Wildman–Crippen MR) is 87.8 cm³/mol. The summed E-state index contributed by atoms with van der Waals surface area (Å²) in [6, 6.07) is 0. The van der Waals surface area contributed by atoms with Gasteiger partial charge >= 0.3 is 0 Å². The highest BCUT2D eigenvalue weighted by molar-refractivity contribution is 7.13. The van der Waals surface area contributed by atoms with Crippen LogP contribution in [0.4, 0.5) is 5.13 Å². The van der Waals surface area contributed by atoms with E-state index >= 15 is 0 Å². The van der Waals surface area contributed by atoms with Gasteiger partial charge in [-0.05, 0) is 5.92 Å². The lowest BCUT2D eigenvalue weighted by Gasteiger charge is -2.18. The molecule has 1 saturated heterocycles. The number of carbonyl (C=O) groups is 2. The van der Waals surface area contributed by atoms with Crippen LogP contribution in [0.15, 0.2) is 5.38 Å². The van der Waals surface area contributed by atoms with Crippen molar-refractivity contribution in [3.8, 4) is 0 Å². The summed E-state index contributed by atoms with van der Waals surface area (Å²) in [6.07, 6.45) is 0.318. The topological polar surface area (TPSA) is 65.5 Å². The van der Waals surface area contributed by atoms with Gasteiger partial charge in [0.2, 0.25) is 11.8 Å². The summed E-state index contributed by atoms with van der Waals surface area (Å²) < 4.78 is 0. The Kier molecular flexibility index (Phi) is 5.39. The van der Waals surface area contributed by atoms with Crippen LogP contribution in [0.25, 0.3) is 0 Å². The van der Waals surface area contributed by atoms with Gasteiger partial charge in [0, 0.05) is 39.0 Å². The minimum atomic E-state index is -0.238. The molecule has 1 aromatic heterocycles. The van der Waals surface area contributed by atoms with Crippen molar-refractivity contribution in [2.45, 2.75) is 26.8 Å². The molecule has 122 valence electrons. The summed E-state index contributed by atoms with van der Waals surface area (Å²) >= 11 is 1.55. The van der Waals surface area contributed by atoms with E-state index < -0.39 is 0 Å². The third kappa shape index (κ3) is 4.19. The number of aromatic nitrogens is 1. The second-order valence-corrected chi connectivity index (χ2v) is 7.16. The van der Waals surface area contributed by atoms with Crippen molar-refractivity contribution in [3.05, 3.63) is 11.1 Å². The Morgan fingerprint density at radius 1 is 1.55 bits per heavy atom. The Bertz CT molecular complexity index is 541. The van der Waals surface area contributed by atoms with Crippen LogP contribution in [-0.4, -0.2) is 48.9 Å². The van der Waals surface area contributed by atoms with Crippen LogP contribution in [0.1, 0.15) is 26.0 Å². The van der Waals surface area contributed by atoms with E-state index in [-0.39, 0.29) is 17.7 Å². The maximum Gasteiger partial charge on any atom is 0.225 e. The second kappa shape index (κ2) is 7.09. The number of hydrogen-bond donors (Lipinski definition) is 1. The first kappa shape index (κ1) is 16.7. The molecule has 0 aliphatic carbocycles. The lowest BCUT2D eigenvalue weighted by molar-refractivity contribution is -0.129. The van der Waals surface area contributed by atoms with E-state index in [1.165, 1.54) is 0 Å². The molecular formula is C15H24N4O2S. The number of hydrogen-bond acceptors (Lipinski definition) is 5. The van der Waals surface area contributed by atoms with Crippen LogP contribution in [0.5, 0.6) is 0 Å². The van der Waals surface area contributed by atoms with Gasteiger partial charge in [0.25, 0.3) is 0 Å². The molecule has 1 fully saturated rings. The minimum absolute atomic E-state index is 0.0565. The molecule has 1 aliphatic rings. The first-order valence-corrected chi connectivity index (χ1v) is 8.42. The molecule has 6 nitrogen and oxygen atoms in total. The number of amides is 2. The van der Waals surface area contributed by atoms with Gasteiger partial charge in [0.15, 0.2) is 5.13 Å². The zero-order valence-electron chi connectivity index (χ0n) is 13.6. The smallest absolute Gasteiger partial charge is 0.225 e. The summed E-state index contributed by atoms with van der Waals surface area (Å²) in [4.78, 5) is 32.3. The van der Waals surface area contributed by atoms with Gasteiger partial charge in [-0.25, -0.2) is 4.98 Å².